The first kappa shape index (κ1) is 25.8. The molecule has 0 amide bonds. The summed E-state index contributed by atoms with van der Waals surface area (Å²) in [6, 6.07) is 5.05. The highest BCUT2D eigenvalue weighted by molar-refractivity contribution is 5.83. The Labute approximate surface area is 199 Å². The van der Waals surface area contributed by atoms with Crippen molar-refractivity contribution in [3.05, 3.63) is 40.2 Å². The number of aryl methyl sites for hydroxylation is 1. The van der Waals surface area contributed by atoms with Gasteiger partial charge >= 0.3 is 5.63 Å². The Hall–Kier alpha value is -1.84. The second kappa shape index (κ2) is 13.8. The monoisotopic (exact) mass is 458 g/mol. The largest absolute Gasteiger partial charge is 0.490 e. The van der Waals surface area contributed by atoms with Gasteiger partial charge in [-0.3, -0.25) is 0 Å². The number of rotatable bonds is 14. The molecule has 0 saturated heterocycles. The van der Waals surface area contributed by atoms with Gasteiger partial charge in [-0.15, -0.1) is 0 Å². The Kier molecular flexibility index (Phi) is 10.8. The van der Waals surface area contributed by atoms with Crippen LogP contribution in [-0.4, -0.2) is 6.61 Å². The quantitative estimate of drug-likeness (QED) is 0.266. The standard InChI is InChI=1S/C29H43FO3/c1-3-4-5-6-7-8-9-10-11-12-13-23-14-16-24(17-15-23)21-32-26-19-18-25-20-22(2)33-29(31)27(25)28(26)30/h18-20,23-24H,3-17,21H2,1-2H3. The summed E-state index contributed by atoms with van der Waals surface area (Å²) < 4.78 is 25.7. The molecule has 1 aromatic heterocycles. The lowest BCUT2D eigenvalue weighted by Crippen LogP contribution is -2.20. The van der Waals surface area contributed by atoms with Crippen LogP contribution in [0.2, 0.25) is 0 Å². The molecular weight excluding hydrogens is 415 g/mol. The van der Waals surface area contributed by atoms with Gasteiger partial charge in [0, 0.05) is 0 Å². The van der Waals surface area contributed by atoms with Crippen molar-refractivity contribution in [2.75, 3.05) is 6.61 Å². The average Bonchev–Trinajstić information content (AvgIpc) is 2.80. The normalized spacial score (nSPS) is 18.6. The molecule has 33 heavy (non-hydrogen) atoms. The van der Waals surface area contributed by atoms with Gasteiger partial charge in [-0.25, -0.2) is 9.18 Å². The summed E-state index contributed by atoms with van der Waals surface area (Å²) in [5.74, 6) is 1.36. The Bertz CT molecular complexity index is 896. The van der Waals surface area contributed by atoms with Crippen molar-refractivity contribution in [3.63, 3.8) is 0 Å². The van der Waals surface area contributed by atoms with Crippen LogP contribution in [0.25, 0.3) is 10.8 Å². The van der Waals surface area contributed by atoms with Crippen LogP contribution < -0.4 is 10.4 Å². The molecule has 0 atom stereocenters. The summed E-state index contributed by atoms with van der Waals surface area (Å²) in [4.78, 5) is 12.1. The van der Waals surface area contributed by atoms with E-state index in [4.69, 9.17) is 9.15 Å². The highest BCUT2D eigenvalue weighted by Crippen LogP contribution is 2.33. The maximum Gasteiger partial charge on any atom is 0.346 e. The van der Waals surface area contributed by atoms with Gasteiger partial charge in [0.2, 0.25) is 0 Å². The summed E-state index contributed by atoms with van der Waals surface area (Å²) in [5, 5.41) is 0.541. The molecule has 0 radical (unpaired) electrons. The molecule has 1 aliphatic rings. The fourth-order valence-corrected chi connectivity index (χ4v) is 5.27. The number of fused-ring (bicyclic) bond motifs is 1. The summed E-state index contributed by atoms with van der Waals surface area (Å²) in [6.45, 7) is 4.48. The van der Waals surface area contributed by atoms with Crippen molar-refractivity contribution in [2.45, 2.75) is 110 Å². The second-order valence-corrected chi connectivity index (χ2v) is 10.2. The van der Waals surface area contributed by atoms with Crippen LogP contribution in [0.15, 0.2) is 27.4 Å². The van der Waals surface area contributed by atoms with Gasteiger partial charge in [-0.2, -0.15) is 0 Å². The van der Waals surface area contributed by atoms with Crippen molar-refractivity contribution >= 4 is 10.8 Å². The maximum atomic E-state index is 14.8. The molecule has 4 heteroatoms. The van der Waals surface area contributed by atoms with Crippen molar-refractivity contribution in [3.8, 4) is 5.75 Å². The Morgan fingerprint density at radius 3 is 2.18 bits per heavy atom. The minimum absolute atomic E-state index is 0.0155. The summed E-state index contributed by atoms with van der Waals surface area (Å²) >= 11 is 0. The molecule has 0 aliphatic heterocycles. The SMILES string of the molecule is CCCCCCCCCCCCC1CCC(COc2ccc3cc(C)oc(=O)c3c2F)CC1. The van der Waals surface area contributed by atoms with E-state index in [-0.39, 0.29) is 11.1 Å². The molecule has 0 unspecified atom stereocenters. The van der Waals surface area contributed by atoms with Crippen LogP contribution in [0, 0.1) is 24.6 Å². The number of unbranched alkanes of at least 4 members (excludes halogenated alkanes) is 9. The number of hydrogen-bond acceptors (Lipinski definition) is 3. The molecule has 1 heterocycles. The molecule has 184 valence electrons. The first-order valence-corrected chi connectivity index (χ1v) is 13.4. The third kappa shape index (κ3) is 8.15. The lowest BCUT2D eigenvalue weighted by Gasteiger charge is -2.28. The van der Waals surface area contributed by atoms with Gasteiger partial charge in [-0.1, -0.05) is 96.5 Å². The van der Waals surface area contributed by atoms with E-state index in [0.717, 1.165) is 18.8 Å². The van der Waals surface area contributed by atoms with E-state index in [9.17, 15) is 9.18 Å². The van der Waals surface area contributed by atoms with E-state index < -0.39 is 11.4 Å². The lowest BCUT2D eigenvalue weighted by molar-refractivity contribution is 0.174. The summed E-state index contributed by atoms with van der Waals surface area (Å²) in [5.41, 5.74) is -0.638. The molecule has 0 spiro atoms. The highest BCUT2D eigenvalue weighted by atomic mass is 19.1. The number of benzene rings is 1. The van der Waals surface area contributed by atoms with Crippen molar-refractivity contribution < 1.29 is 13.5 Å². The molecule has 3 rings (SSSR count). The molecule has 1 aliphatic carbocycles. The smallest absolute Gasteiger partial charge is 0.346 e. The van der Waals surface area contributed by atoms with Crippen LogP contribution in [0.3, 0.4) is 0 Å². The number of ether oxygens (including phenoxy) is 1. The first-order chi connectivity index (χ1) is 16.1. The lowest BCUT2D eigenvalue weighted by atomic mass is 9.80. The van der Waals surface area contributed by atoms with E-state index in [1.807, 2.05) is 0 Å². The van der Waals surface area contributed by atoms with Crippen molar-refractivity contribution in [1.82, 2.24) is 0 Å². The molecule has 3 nitrogen and oxygen atoms in total. The van der Waals surface area contributed by atoms with Crippen molar-refractivity contribution in [1.29, 1.82) is 0 Å². The Morgan fingerprint density at radius 1 is 0.909 bits per heavy atom. The van der Waals surface area contributed by atoms with Crippen LogP contribution in [0.5, 0.6) is 5.75 Å². The van der Waals surface area contributed by atoms with Gasteiger partial charge in [0.1, 0.15) is 11.1 Å². The fourth-order valence-electron chi connectivity index (χ4n) is 5.27. The van der Waals surface area contributed by atoms with E-state index in [1.165, 1.54) is 83.5 Å². The molecule has 0 bridgehead atoms. The number of hydrogen-bond donors (Lipinski definition) is 0. The second-order valence-electron chi connectivity index (χ2n) is 10.2. The number of halogens is 1. The molecular formula is C29H43FO3. The van der Waals surface area contributed by atoms with E-state index in [0.29, 0.717) is 23.7 Å². The first-order valence-electron chi connectivity index (χ1n) is 13.4. The molecule has 1 aromatic carbocycles. The zero-order valence-electron chi connectivity index (χ0n) is 20.8. The zero-order chi connectivity index (χ0) is 23.5. The van der Waals surface area contributed by atoms with Gasteiger partial charge in [0.05, 0.1) is 6.61 Å². The molecule has 1 fully saturated rings. The van der Waals surface area contributed by atoms with Gasteiger partial charge in [0.15, 0.2) is 11.6 Å². The van der Waals surface area contributed by atoms with Gasteiger partial charge < -0.3 is 9.15 Å². The fraction of sp³-hybridized carbons (Fsp3) is 0.690. The predicted octanol–water partition coefficient (Wildman–Crippen LogP) is 8.74. The minimum atomic E-state index is -0.638. The molecule has 1 saturated carbocycles. The molecule has 0 N–H and O–H groups in total. The van der Waals surface area contributed by atoms with Crippen molar-refractivity contribution in [2.24, 2.45) is 11.8 Å². The third-order valence-electron chi connectivity index (χ3n) is 7.36. The zero-order valence-corrected chi connectivity index (χ0v) is 20.8. The third-order valence-corrected chi connectivity index (χ3v) is 7.36. The van der Waals surface area contributed by atoms with Crippen LogP contribution in [0.4, 0.5) is 4.39 Å². The van der Waals surface area contributed by atoms with E-state index >= 15 is 0 Å². The minimum Gasteiger partial charge on any atom is -0.490 e. The summed E-state index contributed by atoms with van der Waals surface area (Å²) in [7, 11) is 0. The topological polar surface area (TPSA) is 39.4 Å². The highest BCUT2D eigenvalue weighted by Gasteiger charge is 2.22. The van der Waals surface area contributed by atoms with Crippen LogP contribution in [-0.2, 0) is 0 Å². The molecule has 2 aromatic rings. The Balaban J connectivity index is 1.30. The van der Waals surface area contributed by atoms with E-state index in [2.05, 4.69) is 6.92 Å². The van der Waals surface area contributed by atoms with Gasteiger partial charge in [-0.05, 0) is 49.1 Å². The van der Waals surface area contributed by atoms with Crippen LogP contribution in [0.1, 0.15) is 109 Å². The maximum absolute atomic E-state index is 14.8. The average molecular weight is 459 g/mol. The van der Waals surface area contributed by atoms with E-state index in [1.54, 1.807) is 25.1 Å². The predicted molar refractivity (Wildman–Crippen MR) is 135 cm³/mol. The van der Waals surface area contributed by atoms with Gasteiger partial charge in [0.25, 0.3) is 0 Å². The Morgan fingerprint density at radius 2 is 1.52 bits per heavy atom. The van der Waals surface area contributed by atoms with Crippen LogP contribution >= 0.6 is 0 Å². The summed E-state index contributed by atoms with van der Waals surface area (Å²) in [6.07, 6.45) is 20.1.